The van der Waals surface area contributed by atoms with E-state index in [9.17, 15) is 9.18 Å². The molecule has 2 aliphatic rings. The van der Waals surface area contributed by atoms with E-state index in [1.807, 2.05) is 4.90 Å². The van der Waals surface area contributed by atoms with Crippen molar-refractivity contribution in [3.05, 3.63) is 35.6 Å². The van der Waals surface area contributed by atoms with E-state index in [1.165, 1.54) is 12.1 Å². The molecule has 0 aliphatic carbocycles. The quantitative estimate of drug-likeness (QED) is 0.902. The zero-order chi connectivity index (χ0) is 14.0. The van der Waals surface area contributed by atoms with Crippen molar-refractivity contribution in [3.8, 4) is 0 Å². The van der Waals surface area contributed by atoms with Crippen molar-refractivity contribution in [1.29, 1.82) is 0 Å². The van der Waals surface area contributed by atoms with Crippen LogP contribution in [0.4, 0.5) is 9.18 Å². The zero-order valence-corrected chi connectivity index (χ0v) is 11.4. The molecule has 2 fully saturated rings. The molecule has 1 aromatic rings. The number of benzene rings is 1. The fourth-order valence-corrected chi connectivity index (χ4v) is 3.26. The number of piperidine rings is 1. The number of nitrogens with one attached hydrogen (secondary N) is 1. The van der Waals surface area contributed by atoms with Crippen LogP contribution in [0.2, 0.25) is 0 Å². The van der Waals surface area contributed by atoms with Crippen molar-refractivity contribution in [2.75, 3.05) is 26.2 Å². The molecule has 0 aromatic heterocycles. The Morgan fingerprint density at radius 2 is 1.90 bits per heavy atom. The normalized spacial score (nSPS) is 22.4. The van der Waals surface area contributed by atoms with Gasteiger partial charge in [0.15, 0.2) is 0 Å². The second-order valence-electron chi connectivity index (χ2n) is 5.41. The highest BCUT2D eigenvalue weighted by molar-refractivity contribution is 5.70. The lowest BCUT2D eigenvalue weighted by molar-refractivity contribution is 0.00342. The van der Waals surface area contributed by atoms with Gasteiger partial charge in [-0.05, 0) is 50.0 Å². The predicted molar refractivity (Wildman–Crippen MR) is 72.9 cm³/mol. The van der Waals surface area contributed by atoms with E-state index < -0.39 is 0 Å². The minimum Gasteiger partial charge on any atom is -0.449 e. The van der Waals surface area contributed by atoms with Crippen molar-refractivity contribution >= 4 is 6.09 Å². The number of hydrogen-bond donors (Lipinski definition) is 1. The molecule has 3 rings (SSSR count). The van der Waals surface area contributed by atoms with Crippen LogP contribution in [-0.4, -0.2) is 37.2 Å². The monoisotopic (exact) mass is 278 g/mol. The third-order valence-corrected chi connectivity index (χ3v) is 4.30. The summed E-state index contributed by atoms with van der Waals surface area (Å²) in [6.07, 6.45) is 2.26. The average molecular weight is 278 g/mol. The number of carbonyl (C=O) groups is 1. The first-order chi connectivity index (χ1) is 9.72. The molecule has 0 saturated carbocycles. The Morgan fingerprint density at radius 3 is 2.55 bits per heavy atom. The molecule has 0 radical (unpaired) electrons. The summed E-state index contributed by atoms with van der Waals surface area (Å²) in [6, 6.07) is 6.52. The van der Waals surface area contributed by atoms with Crippen molar-refractivity contribution in [1.82, 2.24) is 10.2 Å². The number of hydrogen-bond acceptors (Lipinski definition) is 3. The molecule has 0 bridgehead atoms. The van der Waals surface area contributed by atoms with Crippen LogP contribution in [0.25, 0.3) is 0 Å². The molecule has 2 saturated heterocycles. The van der Waals surface area contributed by atoms with Crippen LogP contribution in [0, 0.1) is 5.82 Å². The molecule has 0 spiro atoms. The minimum absolute atomic E-state index is 0.248. The molecule has 2 aliphatic heterocycles. The van der Waals surface area contributed by atoms with Crippen LogP contribution in [0.5, 0.6) is 0 Å². The fraction of sp³-hybridized carbons (Fsp3) is 0.533. The number of nitrogens with zero attached hydrogens (tertiary/aromatic N) is 1. The van der Waals surface area contributed by atoms with Gasteiger partial charge in [-0.15, -0.1) is 0 Å². The van der Waals surface area contributed by atoms with Gasteiger partial charge in [0.05, 0.1) is 12.1 Å². The maximum absolute atomic E-state index is 13.2. The lowest BCUT2D eigenvalue weighted by atomic mass is 9.79. The van der Waals surface area contributed by atoms with Crippen LogP contribution in [0.3, 0.4) is 0 Å². The highest BCUT2D eigenvalue weighted by Crippen LogP contribution is 2.38. The van der Waals surface area contributed by atoms with Crippen LogP contribution >= 0.6 is 0 Å². The maximum atomic E-state index is 13.2. The van der Waals surface area contributed by atoms with Gasteiger partial charge in [0.25, 0.3) is 0 Å². The molecule has 1 N–H and O–H groups in total. The molecule has 1 amide bonds. The zero-order valence-electron chi connectivity index (χ0n) is 11.4. The van der Waals surface area contributed by atoms with Gasteiger partial charge in [0.2, 0.25) is 0 Å². The van der Waals surface area contributed by atoms with Crippen molar-refractivity contribution < 1.29 is 13.9 Å². The van der Waals surface area contributed by atoms with Gasteiger partial charge < -0.3 is 10.1 Å². The van der Waals surface area contributed by atoms with Crippen LogP contribution < -0.4 is 5.32 Å². The number of carbonyl (C=O) groups excluding carboxylic acids is 1. The largest absolute Gasteiger partial charge is 0.449 e. The summed E-state index contributed by atoms with van der Waals surface area (Å²) in [7, 11) is 0. The van der Waals surface area contributed by atoms with E-state index in [4.69, 9.17) is 4.74 Å². The topological polar surface area (TPSA) is 41.6 Å². The van der Waals surface area contributed by atoms with E-state index in [0.29, 0.717) is 13.2 Å². The van der Waals surface area contributed by atoms with Gasteiger partial charge in [0.1, 0.15) is 5.82 Å². The lowest BCUT2D eigenvalue weighted by Crippen LogP contribution is -2.56. The van der Waals surface area contributed by atoms with Crippen LogP contribution in [0.15, 0.2) is 24.3 Å². The Bertz CT molecular complexity index is 483. The summed E-state index contributed by atoms with van der Waals surface area (Å²) >= 11 is 0. The highest BCUT2D eigenvalue weighted by atomic mass is 19.1. The molecule has 2 heterocycles. The predicted octanol–water partition coefficient (Wildman–Crippen LogP) is 2.25. The van der Waals surface area contributed by atoms with E-state index in [-0.39, 0.29) is 17.4 Å². The standard InChI is InChI=1S/C15H19FN2O2/c16-13-4-2-12(3-5-13)15(6-8-17-9-7-15)18-10-1-11-20-14(18)19/h2-5,17H,1,6-11H2. The molecule has 1 aromatic carbocycles. The summed E-state index contributed by atoms with van der Waals surface area (Å²) in [6.45, 7) is 2.89. The van der Waals surface area contributed by atoms with E-state index in [0.717, 1.165) is 37.9 Å². The summed E-state index contributed by atoms with van der Waals surface area (Å²) in [5.41, 5.74) is 0.635. The third-order valence-electron chi connectivity index (χ3n) is 4.30. The summed E-state index contributed by atoms with van der Waals surface area (Å²) < 4.78 is 18.4. The first-order valence-electron chi connectivity index (χ1n) is 7.13. The molecule has 4 nitrogen and oxygen atoms in total. The molecule has 108 valence electrons. The Kier molecular flexibility index (Phi) is 3.61. The molecular weight excluding hydrogens is 259 g/mol. The highest BCUT2D eigenvalue weighted by Gasteiger charge is 2.43. The van der Waals surface area contributed by atoms with Gasteiger partial charge in [-0.25, -0.2) is 9.18 Å². The molecular formula is C15H19FN2O2. The van der Waals surface area contributed by atoms with Crippen LogP contribution in [0.1, 0.15) is 24.8 Å². The van der Waals surface area contributed by atoms with Crippen LogP contribution in [-0.2, 0) is 10.3 Å². The molecule has 5 heteroatoms. The number of halogens is 1. The Labute approximate surface area is 117 Å². The van der Waals surface area contributed by atoms with Gasteiger partial charge in [-0.2, -0.15) is 0 Å². The van der Waals surface area contributed by atoms with E-state index >= 15 is 0 Å². The van der Waals surface area contributed by atoms with Gasteiger partial charge in [-0.3, -0.25) is 4.90 Å². The fourth-order valence-electron chi connectivity index (χ4n) is 3.26. The Morgan fingerprint density at radius 1 is 1.20 bits per heavy atom. The Hall–Kier alpha value is -1.62. The lowest BCUT2D eigenvalue weighted by Gasteiger charge is -2.47. The van der Waals surface area contributed by atoms with Crippen molar-refractivity contribution in [2.24, 2.45) is 0 Å². The van der Waals surface area contributed by atoms with Crippen molar-refractivity contribution in [3.63, 3.8) is 0 Å². The summed E-state index contributed by atoms with van der Waals surface area (Å²) in [4.78, 5) is 14.0. The average Bonchev–Trinajstić information content (AvgIpc) is 2.49. The van der Waals surface area contributed by atoms with Crippen molar-refractivity contribution in [2.45, 2.75) is 24.8 Å². The molecule has 20 heavy (non-hydrogen) atoms. The first kappa shape index (κ1) is 13.4. The second kappa shape index (κ2) is 5.40. The number of rotatable bonds is 2. The second-order valence-corrected chi connectivity index (χ2v) is 5.41. The first-order valence-corrected chi connectivity index (χ1v) is 7.13. The maximum Gasteiger partial charge on any atom is 0.410 e. The van der Waals surface area contributed by atoms with E-state index in [2.05, 4.69) is 5.32 Å². The SMILES string of the molecule is O=C1OCCCN1C1(c2ccc(F)cc2)CCNCC1. The smallest absolute Gasteiger partial charge is 0.410 e. The number of cyclic esters (lactones) is 1. The third kappa shape index (κ3) is 2.26. The number of ether oxygens (including phenoxy) is 1. The molecule has 0 atom stereocenters. The van der Waals surface area contributed by atoms with Gasteiger partial charge >= 0.3 is 6.09 Å². The van der Waals surface area contributed by atoms with E-state index in [1.54, 1.807) is 12.1 Å². The summed E-state index contributed by atoms with van der Waals surface area (Å²) in [5.74, 6) is -0.251. The molecule has 0 unspecified atom stereocenters. The summed E-state index contributed by atoms with van der Waals surface area (Å²) in [5, 5.41) is 3.32. The Balaban J connectivity index is 1.99. The number of amides is 1. The minimum atomic E-state index is -0.365. The van der Waals surface area contributed by atoms with Gasteiger partial charge in [-0.1, -0.05) is 12.1 Å². The van der Waals surface area contributed by atoms with Gasteiger partial charge in [0, 0.05) is 6.54 Å².